The van der Waals surface area contributed by atoms with Crippen LogP contribution in [-0.2, 0) is 4.79 Å². The maximum atomic E-state index is 13.7. The summed E-state index contributed by atoms with van der Waals surface area (Å²) in [6, 6.07) is 4.05. The summed E-state index contributed by atoms with van der Waals surface area (Å²) >= 11 is 6.89. The molecule has 2 aliphatic heterocycles. The second-order valence-corrected chi connectivity index (χ2v) is 11.6. The summed E-state index contributed by atoms with van der Waals surface area (Å²) in [5.74, 6) is 1.63. The lowest BCUT2D eigenvalue weighted by molar-refractivity contribution is -0.123. The topological polar surface area (TPSA) is 57.9 Å². The Morgan fingerprint density at radius 3 is 2.52 bits per heavy atom. The molecule has 2 aromatic rings. The van der Waals surface area contributed by atoms with Crippen LogP contribution in [0.5, 0.6) is 0 Å². The van der Waals surface area contributed by atoms with Gasteiger partial charge in [0.1, 0.15) is 15.8 Å². The SMILES string of the molecule is Cc1ccc2nc(N3C[C@H](C)C[C@H](C)C3)c(/C=C3\SC(=S)N(C4CCCC4)C3=O)c(=O)n2c1. The quantitative estimate of drug-likeness (QED) is 0.470. The van der Waals surface area contributed by atoms with Gasteiger partial charge in [0.15, 0.2) is 0 Å². The average Bonchev–Trinajstić information content (AvgIpc) is 3.37. The van der Waals surface area contributed by atoms with Crippen molar-refractivity contribution in [1.82, 2.24) is 14.3 Å². The molecule has 0 N–H and O–H groups in total. The Labute approximate surface area is 204 Å². The third-order valence-electron chi connectivity index (χ3n) is 6.94. The molecule has 0 unspecified atom stereocenters. The molecule has 3 fully saturated rings. The molecule has 4 heterocycles. The van der Waals surface area contributed by atoms with E-state index in [2.05, 4.69) is 18.7 Å². The first-order valence-electron chi connectivity index (χ1n) is 11.9. The molecule has 174 valence electrons. The highest BCUT2D eigenvalue weighted by atomic mass is 32.2. The molecule has 0 spiro atoms. The van der Waals surface area contributed by atoms with Gasteiger partial charge in [0, 0.05) is 25.3 Å². The normalized spacial score (nSPS) is 25.7. The molecule has 6 nitrogen and oxygen atoms in total. The van der Waals surface area contributed by atoms with Crippen LogP contribution in [0, 0.1) is 18.8 Å². The number of rotatable bonds is 3. The monoisotopic (exact) mass is 482 g/mol. The number of hydrogen-bond donors (Lipinski definition) is 0. The number of piperidine rings is 1. The molecule has 2 saturated heterocycles. The summed E-state index contributed by atoms with van der Waals surface area (Å²) in [5, 5.41) is 0. The van der Waals surface area contributed by atoms with Crippen molar-refractivity contribution < 1.29 is 4.79 Å². The van der Waals surface area contributed by atoms with Gasteiger partial charge in [-0.05, 0) is 55.7 Å². The van der Waals surface area contributed by atoms with Crippen LogP contribution in [-0.4, -0.2) is 43.6 Å². The highest BCUT2D eigenvalue weighted by molar-refractivity contribution is 8.26. The fourth-order valence-electron chi connectivity index (χ4n) is 5.54. The van der Waals surface area contributed by atoms with E-state index in [1.807, 2.05) is 25.3 Å². The first-order chi connectivity index (χ1) is 15.8. The molecule has 5 rings (SSSR count). The first-order valence-corrected chi connectivity index (χ1v) is 13.1. The molecular formula is C25H30N4O2S2. The molecule has 1 saturated carbocycles. The second-order valence-electron chi connectivity index (χ2n) is 9.93. The summed E-state index contributed by atoms with van der Waals surface area (Å²) in [6.07, 6.45) is 8.98. The van der Waals surface area contributed by atoms with Gasteiger partial charge in [-0.15, -0.1) is 0 Å². The maximum Gasteiger partial charge on any atom is 0.267 e. The minimum absolute atomic E-state index is 0.0723. The number of carbonyl (C=O) groups is 1. The number of nitrogens with zero attached hydrogens (tertiary/aromatic N) is 4. The number of anilines is 1. The molecule has 0 aromatic carbocycles. The van der Waals surface area contributed by atoms with Gasteiger partial charge in [0.05, 0.1) is 10.5 Å². The van der Waals surface area contributed by atoms with E-state index in [9.17, 15) is 9.59 Å². The van der Waals surface area contributed by atoms with E-state index in [1.165, 1.54) is 11.8 Å². The summed E-state index contributed by atoms with van der Waals surface area (Å²) in [5.41, 5.74) is 1.95. The second kappa shape index (κ2) is 8.87. The lowest BCUT2D eigenvalue weighted by Gasteiger charge is -2.36. The number of thioether (sulfide) groups is 1. The third kappa shape index (κ3) is 4.23. The lowest BCUT2D eigenvalue weighted by Crippen LogP contribution is -2.40. The Kier molecular flexibility index (Phi) is 6.07. The molecule has 1 amide bonds. The van der Waals surface area contributed by atoms with E-state index in [4.69, 9.17) is 17.2 Å². The van der Waals surface area contributed by atoms with Crippen LogP contribution >= 0.6 is 24.0 Å². The highest BCUT2D eigenvalue weighted by Crippen LogP contribution is 2.38. The maximum absolute atomic E-state index is 13.7. The van der Waals surface area contributed by atoms with E-state index in [-0.39, 0.29) is 17.5 Å². The van der Waals surface area contributed by atoms with Crippen LogP contribution < -0.4 is 10.5 Å². The average molecular weight is 483 g/mol. The molecule has 0 bridgehead atoms. The van der Waals surface area contributed by atoms with Crippen molar-refractivity contribution in [2.45, 2.75) is 58.9 Å². The Hall–Kier alpha value is -2.19. The van der Waals surface area contributed by atoms with Crippen LogP contribution in [0.1, 0.15) is 57.1 Å². The molecule has 0 radical (unpaired) electrons. The first kappa shape index (κ1) is 22.6. The number of aryl methyl sites for hydroxylation is 1. The van der Waals surface area contributed by atoms with Gasteiger partial charge in [-0.25, -0.2) is 4.98 Å². The predicted molar refractivity (Wildman–Crippen MR) is 139 cm³/mol. The van der Waals surface area contributed by atoms with E-state index in [0.29, 0.717) is 38.1 Å². The Balaban J connectivity index is 1.63. The van der Waals surface area contributed by atoms with Crippen molar-refractivity contribution in [3.05, 3.63) is 44.7 Å². The summed E-state index contributed by atoms with van der Waals surface area (Å²) in [4.78, 5) is 36.5. The molecule has 2 aromatic heterocycles. The van der Waals surface area contributed by atoms with Gasteiger partial charge in [-0.1, -0.05) is 56.7 Å². The summed E-state index contributed by atoms with van der Waals surface area (Å²) in [7, 11) is 0. The smallest absolute Gasteiger partial charge is 0.267 e. The Morgan fingerprint density at radius 1 is 1.12 bits per heavy atom. The van der Waals surface area contributed by atoms with Crippen molar-refractivity contribution in [3.8, 4) is 0 Å². The largest absolute Gasteiger partial charge is 0.355 e. The van der Waals surface area contributed by atoms with Crippen molar-refractivity contribution in [3.63, 3.8) is 0 Å². The van der Waals surface area contributed by atoms with Crippen LogP contribution in [0.25, 0.3) is 11.7 Å². The number of thiocarbonyl (C=S) groups is 1. The van der Waals surface area contributed by atoms with Crippen LogP contribution in [0.2, 0.25) is 0 Å². The molecule has 3 aliphatic rings. The van der Waals surface area contributed by atoms with Crippen molar-refractivity contribution >= 4 is 51.7 Å². The third-order valence-corrected chi connectivity index (χ3v) is 8.27. The number of hydrogen-bond acceptors (Lipinski definition) is 6. The van der Waals surface area contributed by atoms with E-state index >= 15 is 0 Å². The van der Waals surface area contributed by atoms with Gasteiger partial charge < -0.3 is 4.90 Å². The van der Waals surface area contributed by atoms with Gasteiger partial charge in [-0.3, -0.25) is 18.9 Å². The van der Waals surface area contributed by atoms with Gasteiger partial charge in [0.25, 0.3) is 11.5 Å². The number of fused-ring (bicyclic) bond motifs is 1. The number of amides is 1. The summed E-state index contributed by atoms with van der Waals surface area (Å²) in [6.45, 7) is 8.14. The molecule has 1 aliphatic carbocycles. The van der Waals surface area contributed by atoms with Crippen molar-refractivity contribution in [2.75, 3.05) is 18.0 Å². The van der Waals surface area contributed by atoms with E-state index < -0.39 is 0 Å². The fourth-order valence-corrected chi connectivity index (χ4v) is 6.92. The van der Waals surface area contributed by atoms with E-state index in [1.54, 1.807) is 15.4 Å². The molecular weight excluding hydrogens is 452 g/mol. The summed E-state index contributed by atoms with van der Waals surface area (Å²) < 4.78 is 2.20. The minimum atomic E-state index is -0.143. The minimum Gasteiger partial charge on any atom is -0.355 e. The number of carbonyl (C=O) groups excluding carboxylic acids is 1. The predicted octanol–water partition coefficient (Wildman–Crippen LogP) is 4.63. The highest BCUT2D eigenvalue weighted by Gasteiger charge is 2.38. The van der Waals surface area contributed by atoms with Crippen molar-refractivity contribution in [1.29, 1.82) is 0 Å². The zero-order valence-corrected chi connectivity index (χ0v) is 21.0. The zero-order chi connectivity index (χ0) is 23.3. The van der Waals surface area contributed by atoms with Gasteiger partial charge in [0.2, 0.25) is 0 Å². The van der Waals surface area contributed by atoms with Crippen molar-refractivity contribution in [2.24, 2.45) is 11.8 Å². The molecule has 8 heteroatoms. The zero-order valence-electron chi connectivity index (χ0n) is 19.4. The van der Waals surface area contributed by atoms with Crippen LogP contribution in [0.3, 0.4) is 0 Å². The molecule has 33 heavy (non-hydrogen) atoms. The number of pyridine rings is 1. The van der Waals surface area contributed by atoms with E-state index in [0.717, 1.165) is 50.8 Å². The Morgan fingerprint density at radius 2 is 1.82 bits per heavy atom. The van der Waals surface area contributed by atoms with Gasteiger partial charge in [-0.2, -0.15) is 0 Å². The van der Waals surface area contributed by atoms with Crippen LogP contribution in [0.4, 0.5) is 5.82 Å². The number of aromatic nitrogens is 2. The molecule has 2 atom stereocenters. The van der Waals surface area contributed by atoms with Gasteiger partial charge >= 0.3 is 0 Å². The lowest BCUT2D eigenvalue weighted by atomic mass is 9.91. The van der Waals surface area contributed by atoms with Crippen LogP contribution in [0.15, 0.2) is 28.0 Å². The fraction of sp³-hybridized carbons (Fsp3) is 0.520. The Bertz CT molecular complexity index is 1200. The standard InChI is InChI=1S/C25H30N4O2S2/c1-15-8-9-21-26-22(27-12-16(2)10-17(3)13-27)19(23(30)28(21)14-15)11-20-24(31)29(25(32)33-20)18-6-4-5-7-18/h8-9,11,14,16-18H,4-7,10,12-13H2,1-3H3/b20-11-/t16-,17+.